The van der Waals surface area contributed by atoms with Crippen molar-refractivity contribution in [2.45, 2.75) is 46.4 Å². The Kier molecular flexibility index (Phi) is 4.34. The van der Waals surface area contributed by atoms with Crippen molar-refractivity contribution in [2.75, 3.05) is 4.72 Å². The molecule has 2 aromatic carbocycles. The van der Waals surface area contributed by atoms with Gasteiger partial charge in [0.1, 0.15) is 0 Å². The number of sulfonamides is 1. The second-order valence-corrected chi connectivity index (χ2v) is 7.51. The Bertz CT molecular complexity index is 810. The van der Waals surface area contributed by atoms with Crippen LogP contribution in [-0.2, 0) is 10.0 Å². The number of rotatable bonds is 3. The number of aryl methyl sites for hydroxylation is 4. The molecule has 0 saturated carbocycles. The summed E-state index contributed by atoms with van der Waals surface area (Å²) in [6, 6.07) is 8.91. The molecule has 0 saturated heterocycles. The summed E-state index contributed by atoms with van der Waals surface area (Å²) in [7, 11) is -3.64. The lowest BCUT2D eigenvalue weighted by molar-refractivity contribution is 0.599. The van der Waals surface area contributed by atoms with Crippen LogP contribution < -0.4 is 4.72 Å². The van der Waals surface area contributed by atoms with E-state index in [4.69, 9.17) is 0 Å². The van der Waals surface area contributed by atoms with Crippen LogP contribution in [-0.4, -0.2) is 8.42 Å². The summed E-state index contributed by atoms with van der Waals surface area (Å²) in [5.41, 5.74) is 5.81. The van der Waals surface area contributed by atoms with E-state index in [-0.39, 0.29) is 0 Å². The van der Waals surface area contributed by atoms with Gasteiger partial charge in [0.05, 0.1) is 10.6 Å². The van der Waals surface area contributed by atoms with Crippen molar-refractivity contribution in [2.24, 2.45) is 0 Å². The van der Waals surface area contributed by atoms with Gasteiger partial charge in [0, 0.05) is 6.07 Å². The zero-order valence-corrected chi connectivity index (χ0v) is 14.8. The normalized spacial score (nSPS) is 11.5. The number of nitrogens with one attached hydrogen (secondary N) is 1. The zero-order valence-electron chi connectivity index (χ0n) is 14.0. The van der Waals surface area contributed by atoms with Crippen LogP contribution in [0.2, 0.25) is 0 Å². The molecule has 2 rings (SSSR count). The van der Waals surface area contributed by atoms with E-state index in [1.165, 1.54) is 0 Å². The summed E-state index contributed by atoms with van der Waals surface area (Å²) in [5.74, 6) is 0. The Labute approximate surface area is 133 Å². The van der Waals surface area contributed by atoms with Crippen molar-refractivity contribution in [3.05, 3.63) is 57.6 Å². The lowest BCUT2D eigenvalue weighted by atomic mass is 10.0. The molecule has 0 amide bonds. The second kappa shape index (κ2) is 5.76. The van der Waals surface area contributed by atoms with Gasteiger partial charge in [-0.05, 0) is 74.9 Å². The van der Waals surface area contributed by atoms with Crippen LogP contribution in [0, 0.1) is 47.6 Å². The predicted molar refractivity (Wildman–Crippen MR) is 91.0 cm³/mol. The molecule has 3 nitrogen and oxygen atoms in total. The molecule has 117 valence electrons. The third-order valence-corrected chi connectivity index (χ3v) is 5.72. The first-order valence-corrected chi connectivity index (χ1v) is 8.71. The van der Waals surface area contributed by atoms with Crippen molar-refractivity contribution in [1.29, 1.82) is 0 Å². The number of hydrogen-bond acceptors (Lipinski definition) is 2. The third kappa shape index (κ3) is 3.02. The van der Waals surface area contributed by atoms with Crippen LogP contribution >= 0.6 is 0 Å². The highest BCUT2D eigenvalue weighted by atomic mass is 32.2. The second-order valence-electron chi connectivity index (χ2n) is 5.89. The van der Waals surface area contributed by atoms with E-state index in [1.54, 1.807) is 0 Å². The standard InChI is InChI=1S/C18H22NO2S/c1-11-7-8-12(2)17(9-11)19-22(20,21)18-15(5)13(3)10-14(4)16(18)6/h7-8,10,19H,1-6H3. The molecular formula is C18H22NO2S. The molecule has 0 spiro atoms. The zero-order chi connectivity index (χ0) is 16.7. The molecule has 22 heavy (non-hydrogen) atoms. The highest BCUT2D eigenvalue weighted by molar-refractivity contribution is 7.92. The van der Waals surface area contributed by atoms with E-state index in [0.29, 0.717) is 10.6 Å². The first kappa shape index (κ1) is 16.6. The SMILES string of the molecule is Cc1[c]c(NS(=O)(=O)c2c(C)c(C)cc(C)c2C)c(C)cc1. The molecule has 0 aliphatic carbocycles. The van der Waals surface area contributed by atoms with Crippen molar-refractivity contribution < 1.29 is 8.42 Å². The molecule has 2 aromatic rings. The van der Waals surface area contributed by atoms with Crippen LogP contribution in [0.15, 0.2) is 23.1 Å². The molecule has 1 radical (unpaired) electrons. The lowest BCUT2D eigenvalue weighted by Gasteiger charge is -2.17. The summed E-state index contributed by atoms with van der Waals surface area (Å²) in [6.07, 6.45) is 0. The van der Waals surface area contributed by atoms with E-state index >= 15 is 0 Å². The number of anilines is 1. The van der Waals surface area contributed by atoms with Crippen molar-refractivity contribution in [3.8, 4) is 0 Å². The van der Waals surface area contributed by atoms with Crippen LogP contribution in [0.25, 0.3) is 0 Å². The van der Waals surface area contributed by atoms with Gasteiger partial charge in [-0.2, -0.15) is 0 Å². The average Bonchev–Trinajstić information content (AvgIpc) is 2.40. The quantitative estimate of drug-likeness (QED) is 0.925. The molecule has 4 heteroatoms. The third-order valence-electron chi connectivity index (χ3n) is 4.10. The fourth-order valence-electron chi connectivity index (χ4n) is 2.55. The maximum atomic E-state index is 12.9. The summed E-state index contributed by atoms with van der Waals surface area (Å²) in [4.78, 5) is 0.374. The lowest BCUT2D eigenvalue weighted by Crippen LogP contribution is -2.17. The van der Waals surface area contributed by atoms with Gasteiger partial charge in [-0.25, -0.2) is 8.42 Å². The van der Waals surface area contributed by atoms with Crippen molar-refractivity contribution >= 4 is 15.7 Å². The van der Waals surface area contributed by atoms with Gasteiger partial charge >= 0.3 is 0 Å². The Morgan fingerprint density at radius 1 is 0.864 bits per heavy atom. The van der Waals surface area contributed by atoms with E-state index in [9.17, 15) is 8.42 Å². The average molecular weight is 316 g/mol. The van der Waals surface area contributed by atoms with E-state index < -0.39 is 10.0 Å². The molecule has 0 aromatic heterocycles. The van der Waals surface area contributed by atoms with Crippen molar-refractivity contribution in [1.82, 2.24) is 0 Å². The Morgan fingerprint density at radius 3 is 1.95 bits per heavy atom. The Morgan fingerprint density at radius 2 is 1.41 bits per heavy atom. The number of benzene rings is 2. The summed E-state index contributed by atoms with van der Waals surface area (Å²) in [6.45, 7) is 11.3. The molecule has 0 bridgehead atoms. The van der Waals surface area contributed by atoms with Gasteiger partial charge in [-0.1, -0.05) is 18.2 Å². The van der Waals surface area contributed by atoms with Crippen molar-refractivity contribution in [3.63, 3.8) is 0 Å². The Balaban J connectivity index is 2.59. The summed E-state index contributed by atoms with van der Waals surface area (Å²) in [5, 5.41) is 0. The van der Waals surface area contributed by atoms with Gasteiger partial charge < -0.3 is 0 Å². The first-order chi connectivity index (χ1) is 10.1. The molecule has 0 heterocycles. The minimum atomic E-state index is -3.64. The highest BCUT2D eigenvalue weighted by Crippen LogP contribution is 2.28. The Hall–Kier alpha value is -1.81. The molecule has 0 unspecified atom stereocenters. The van der Waals surface area contributed by atoms with E-state index in [0.717, 1.165) is 33.4 Å². The van der Waals surface area contributed by atoms with Gasteiger partial charge in [0.25, 0.3) is 10.0 Å². The number of hydrogen-bond donors (Lipinski definition) is 1. The predicted octanol–water partition coefficient (Wildman–Crippen LogP) is 4.14. The maximum Gasteiger partial charge on any atom is 0.262 e. The topological polar surface area (TPSA) is 46.2 Å². The minimum Gasteiger partial charge on any atom is -0.279 e. The molecule has 0 aliphatic rings. The smallest absolute Gasteiger partial charge is 0.262 e. The maximum absolute atomic E-state index is 12.9. The largest absolute Gasteiger partial charge is 0.279 e. The van der Waals surface area contributed by atoms with Crippen LogP contribution in [0.1, 0.15) is 33.4 Å². The monoisotopic (exact) mass is 316 g/mol. The highest BCUT2D eigenvalue weighted by Gasteiger charge is 2.22. The first-order valence-electron chi connectivity index (χ1n) is 7.23. The van der Waals surface area contributed by atoms with E-state index in [1.807, 2.05) is 59.7 Å². The van der Waals surface area contributed by atoms with Crippen LogP contribution in [0.5, 0.6) is 0 Å². The molecule has 1 N–H and O–H groups in total. The fraction of sp³-hybridized carbons (Fsp3) is 0.333. The molecule has 0 atom stereocenters. The van der Waals surface area contributed by atoms with E-state index in [2.05, 4.69) is 10.8 Å². The van der Waals surface area contributed by atoms with Gasteiger partial charge in [-0.3, -0.25) is 4.72 Å². The molecule has 0 fully saturated rings. The van der Waals surface area contributed by atoms with Crippen LogP contribution in [0.3, 0.4) is 0 Å². The van der Waals surface area contributed by atoms with Gasteiger partial charge in [-0.15, -0.1) is 0 Å². The summed E-state index contributed by atoms with van der Waals surface area (Å²) < 4.78 is 28.5. The molecule has 0 aliphatic heterocycles. The molecular weight excluding hydrogens is 294 g/mol. The van der Waals surface area contributed by atoms with Crippen LogP contribution in [0.4, 0.5) is 5.69 Å². The van der Waals surface area contributed by atoms with Gasteiger partial charge in [0.2, 0.25) is 0 Å². The minimum absolute atomic E-state index is 0.374. The fourth-order valence-corrected chi connectivity index (χ4v) is 4.26. The van der Waals surface area contributed by atoms with Gasteiger partial charge in [0.15, 0.2) is 0 Å². The summed E-state index contributed by atoms with van der Waals surface area (Å²) >= 11 is 0.